The Morgan fingerprint density at radius 3 is 2.58 bits per heavy atom. The van der Waals surface area contributed by atoms with Crippen molar-refractivity contribution >= 4 is 17.6 Å². The summed E-state index contributed by atoms with van der Waals surface area (Å²) in [6.45, 7) is 3.70. The molecule has 0 saturated heterocycles. The summed E-state index contributed by atoms with van der Waals surface area (Å²) in [6.07, 6.45) is -0.200. The number of hydrogen-bond acceptors (Lipinski definition) is 4. The minimum absolute atomic E-state index is 0.219. The second kappa shape index (κ2) is 8.47. The Balaban J connectivity index is 1.99. The Hall–Kier alpha value is -2.89. The van der Waals surface area contributed by atoms with Crippen LogP contribution >= 0.6 is 0 Å². The van der Waals surface area contributed by atoms with Gasteiger partial charge in [-0.05, 0) is 48.7 Å². The predicted octanol–water partition coefficient (Wildman–Crippen LogP) is 3.17. The number of ether oxygens (including phenoxy) is 1. The molecule has 6 heteroatoms. The first-order valence-electron chi connectivity index (χ1n) is 8.40. The number of nitrogens with zero attached hydrogens (tertiary/aromatic N) is 1. The van der Waals surface area contributed by atoms with E-state index in [0.29, 0.717) is 16.8 Å². The van der Waals surface area contributed by atoms with Gasteiger partial charge in [-0.25, -0.2) is 9.18 Å². The van der Waals surface area contributed by atoms with Crippen LogP contribution in [-0.4, -0.2) is 29.9 Å². The molecule has 0 aromatic heterocycles. The summed E-state index contributed by atoms with van der Waals surface area (Å²) in [6, 6.07) is 11.0. The molecular weight excluding hydrogens is 335 g/mol. The lowest BCUT2D eigenvalue weighted by Gasteiger charge is -2.21. The quantitative estimate of drug-likeness (QED) is 0.636. The lowest BCUT2D eigenvalue weighted by Crippen LogP contribution is -2.37. The van der Waals surface area contributed by atoms with Crippen molar-refractivity contribution in [2.45, 2.75) is 32.9 Å². The second-order valence-corrected chi connectivity index (χ2v) is 6.14. The van der Waals surface area contributed by atoms with Gasteiger partial charge in [0.25, 0.3) is 5.91 Å². The highest BCUT2D eigenvalue weighted by Gasteiger charge is 2.22. The SMILES string of the molecule is CCc1ccc(C(=O)O[C@@H](C)C(=O)N(C)Cc2cccc(F)c2)cc1N. The van der Waals surface area contributed by atoms with Crippen LogP contribution in [0.15, 0.2) is 42.5 Å². The van der Waals surface area contributed by atoms with Crippen LogP contribution < -0.4 is 5.73 Å². The fourth-order valence-corrected chi connectivity index (χ4v) is 2.62. The topological polar surface area (TPSA) is 72.6 Å². The van der Waals surface area contributed by atoms with E-state index in [0.717, 1.165) is 12.0 Å². The van der Waals surface area contributed by atoms with Crippen LogP contribution in [0.2, 0.25) is 0 Å². The van der Waals surface area contributed by atoms with Gasteiger partial charge in [-0.2, -0.15) is 0 Å². The van der Waals surface area contributed by atoms with Crippen molar-refractivity contribution < 1.29 is 18.7 Å². The standard InChI is InChI=1S/C20H23FN2O3/c1-4-15-8-9-16(11-18(15)22)20(25)26-13(2)19(24)23(3)12-14-6-5-7-17(21)10-14/h5-11,13H,4,12,22H2,1-3H3/t13-/m0/s1. The maximum atomic E-state index is 13.2. The zero-order chi connectivity index (χ0) is 19.3. The molecule has 2 rings (SSSR count). The van der Waals surface area contributed by atoms with Gasteiger partial charge in [0.2, 0.25) is 0 Å². The van der Waals surface area contributed by atoms with Crippen LogP contribution in [0.1, 0.15) is 35.3 Å². The van der Waals surface area contributed by atoms with Gasteiger partial charge in [-0.1, -0.05) is 25.1 Å². The molecule has 0 saturated carbocycles. The lowest BCUT2D eigenvalue weighted by atomic mass is 10.1. The number of carbonyl (C=O) groups is 2. The average Bonchev–Trinajstić information content (AvgIpc) is 2.60. The number of amides is 1. The summed E-state index contributed by atoms with van der Waals surface area (Å²) in [4.78, 5) is 26.0. The Bertz CT molecular complexity index is 807. The minimum Gasteiger partial charge on any atom is -0.449 e. The third-order valence-electron chi connectivity index (χ3n) is 4.08. The summed E-state index contributed by atoms with van der Waals surface area (Å²) in [5, 5.41) is 0. The number of hydrogen-bond donors (Lipinski definition) is 1. The van der Waals surface area contributed by atoms with Gasteiger partial charge in [-0.3, -0.25) is 4.79 Å². The molecule has 26 heavy (non-hydrogen) atoms. The van der Waals surface area contributed by atoms with E-state index in [9.17, 15) is 14.0 Å². The number of benzene rings is 2. The number of aryl methyl sites for hydroxylation is 1. The van der Waals surface area contributed by atoms with Gasteiger partial charge < -0.3 is 15.4 Å². The molecule has 0 bridgehead atoms. The number of halogens is 1. The van der Waals surface area contributed by atoms with E-state index in [1.165, 1.54) is 24.0 Å². The molecule has 1 amide bonds. The highest BCUT2D eigenvalue weighted by Crippen LogP contribution is 2.16. The van der Waals surface area contributed by atoms with Crippen LogP contribution in [-0.2, 0) is 22.5 Å². The van der Waals surface area contributed by atoms with Gasteiger partial charge in [0.15, 0.2) is 6.10 Å². The normalized spacial score (nSPS) is 11.7. The van der Waals surface area contributed by atoms with E-state index < -0.39 is 12.1 Å². The van der Waals surface area contributed by atoms with E-state index in [1.54, 1.807) is 37.4 Å². The number of nitrogen functional groups attached to an aromatic ring is 1. The van der Waals surface area contributed by atoms with Gasteiger partial charge in [0, 0.05) is 19.3 Å². The molecule has 0 aliphatic rings. The number of anilines is 1. The second-order valence-electron chi connectivity index (χ2n) is 6.14. The molecular formula is C20H23FN2O3. The van der Waals surface area contributed by atoms with Crippen LogP contribution in [0.3, 0.4) is 0 Å². The van der Waals surface area contributed by atoms with Gasteiger partial charge in [0.05, 0.1) is 5.56 Å². The third-order valence-corrected chi connectivity index (χ3v) is 4.08. The molecule has 0 fully saturated rings. The molecule has 2 aromatic rings. The van der Waals surface area contributed by atoms with Crippen molar-refractivity contribution in [1.29, 1.82) is 0 Å². The van der Waals surface area contributed by atoms with Gasteiger partial charge in [-0.15, -0.1) is 0 Å². The first-order valence-corrected chi connectivity index (χ1v) is 8.40. The Morgan fingerprint density at radius 2 is 1.96 bits per heavy atom. The number of rotatable bonds is 6. The number of carbonyl (C=O) groups excluding carboxylic acids is 2. The van der Waals surface area contributed by atoms with Crippen LogP contribution in [0.25, 0.3) is 0 Å². The number of likely N-dealkylation sites (N-methyl/N-ethyl adjacent to an activating group) is 1. The molecule has 2 aromatic carbocycles. The van der Waals surface area contributed by atoms with E-state index in [4.69, 9.17) is 10.5 Å². The first-order chi connectivity index (χ1) is 12.3. The summed E-state index contributed by atoms with van der Waals surface area (Å²) in [5.41, 5.74) is 8.31. The first kappa shape index (κ1) is 19.4. The minimum atomic E-state index is -0.965. The molecule has 0 unspecified atom stereocenters. The van der Waals surface area contributed by atoms with E-state index in [-0.39, 0.29) is 18.3 Å². The molecule has 0 aliphatic carbocycles. The summed E-state index contributed by atoms with van der Waals surface area (Å²) < 4.78 is 18.5. The summed E-state index contributed by atoms with van der Waals surface area (Å²) in [5.74, 6) is -1.35. The van der Waals surface area contributed by atoms with Crippen molar-refractivity contribution in [3.05, 3.63) is 65.0 Å². The fraction of sp³-hybridized carbons (Fsp3) is 0.300. The number of nitrogens with two attached hydrogens (primary N) is 1. The molecule has 2 N–H and O–H groups in total. The summed E-state index contributed by atoms with van der Waals surface area (Å²) in [7, 11) is 1.58. The Labute approximate surface area is 152 Å². The van der Waals surface area contributed by atoms with Crippen LogP contribution in [0.5, 0.6) is 0 Å². The fourth-order valence-electron chi connectivity index (χ4n) is 2.62. The number of esters is 1. The highest BCUT2D eigenvalue weighted by molar-refractivity contribution is 5.93. The largest absolute Gasteiger partial charge is 0.449 e. The van der Waals surface area contributed by atoms with Crippen molar-refractivity contribution in [3.8, 4) is 0 Å². The maximum absolute atomic E-state index is 13.2. The van der Waals surface area contributed by atoms with Crippen molar-refractivity contribution in [1.82, 2.24) is 4.90 Å². The van der Waals surface area contributed by atoms with E-state index >= 15 is 0 Å². The molecule has 5 nitrogen and oxygen atoms in total. The smallest absolute Gasteiger partial charge is 0.338 e. The monoisotopic (exact) mass is 358 g/mol. The molecule has 0 aliphatic heterocycles. The Kier molecular flexibility index (Phi) is 6.33. The van der Waals surface area contributed by atoms with Crippen molar-refractivity contribution in [2.24, 2.45) is 0 Å². The zero-order valence-corrected chi connectivity index (χ0v) is 15.2. The molecule has 0 radical (unpaired) electrons. The van der Waals surface area contributed by atoms with Gasteiger partial charge >= 0.3 is 5.97 Å². The molecule has 0 heterocycles. The summed E-state index contributed by atoms with van der Waals surface area (Å²) >= 11 is 0. The van der Waals surface area contributed by atoms with E-state index in [2.05, 4.69) is 0 Å². The van der Waals surface area contributed by atoms with Crippen molar-refractivity contribution in [2.75, 3.05) is 12.8 Å². The Morgan fingerprint density at radius 1 is 1.23 bits per heavy atom. The zero-order valence-electron chi connectivity index (χ0n) is 15.2. The van der Waals surface area contributed by atoms with Crippen LogP contribution in [0, 0.1) is 5.82 Å². The maximum Gasteiger partial charge on any atom is 0.338 e. The molecule has 0 spiro atoms. The highest BCUT2D eigenvalue weighted by atomic mass is 19.1. The van der Waals surface area contributed by atoms with E-state index in [1.807, 2.05) is 6.92 Å². The third kappa shape index (κ3) is 4.81. The predicted molar refractivity (Wildman–Crippen MR) is 98.0 cm³/mol. The van der Waals surface area contributed by atoms with Crippen molar-refractivity contribution in [3.63, 3.8) is 0 Å². The molecule has 138 valence electrons. The average molecular weight is 358 g/mol. The molecule has 1 atom stereocenters. The van der Waals surface area contributed by atoms with Crippen LogP contribution in [0.4, 0.5) is 10.1 Å². The lowest BCUT2D eigenvalue weighted by molar-refractivity contribution is -0.139. The van der Waals surface area contributed by atoms with Gasteiger partial charge in [0.1, 0.15) is 5.82 Å².